The number of benzene rings is 1. The van der Waals surface area contributed by atoms with Gasteiger partial charge in [0.1, 0.15) is 5.75 Å². The fraction of sp³-hybridized carbons (Fsp3) is 0.133. The van der Waals surface area contributed by atoms with Crippen LogP contribution in [0.5, 0.6) is 5.75 Å². The molecule has 10 heteroatoms. The van der Waals surface area contributed by atoms with Crippen LogP contribution in [0.3, 0.4) is 0 Å². The van der Waals surface area contributed by atoms with Gasteiger partial charge >= 0.3 is 12.6 Å². The first-order valence-corrected chi connectivity index (χ1v) is 7.43. The van der Waals surface area contributed by atoms with Crippen molar-refractivity contribution in [2.75, 3.05) is 11.9 Å². The molecule has 2 rings (SSSR count). The zero-order valence-electron chi connectivity index (χ0n) is 12.3. The third-order valence-corrected chi connectivity index (χ3v) is 3.21. The highest BCUT2D eigenvalue weighted by molar-refractivity contribution is 6.36. The predicted molar refractivity (Wildman–Crippen MR) is 86.2 cm³/mol. The lowest BCUT2D eigenvalue weighted by molar-refractivity contribution is -0.119. The second kappa shape index (κ2) is 8.59. The molecule has 0 aliphatic rings. The topological polar surface area (TPSA) is 77.5 Å². The van der Waals surface area contributed by atoms with Gasteiger partial charge < -0.3 is 14.8 Å². The van der Waals surface area contributed by atoms with Gasteiger partial charge in [0.25, 0.3) is 5.91 Å². The Labute approximate surface area is 150 Å². The summed E-state index contributed by atoms with van der Waals surface area (Å²) >= 11 is 11.5. The SMILES string of the molecule is O=C(COC(=O)c1ccc(OC(F)F)cc1)Nc1ncc(Cl)cc1Cl. The highest BCUT2D eigenvalue weighted by Crippen LogP contribution is 2.22. The first-order valence-electron chi connectivity index (χ1n) is 6.68. The summed E-state index contributed by atoms with van der Waals surface area (Å²) in [4.78, 5) is 27.4. The van der Waals surface area contributed by atoms with Gasteiger partial charge in [-0.3, -0.25) is 4.79 Å². The van der Waals surface area contributed by atoms with Crippen LogP contribution in [-0.4, -0.2) is 30.1 Å². The summed E-state index contributed by atoms with van der Waals surface area (Å²) in [6, 6.07) is 6.21. The molecule has 0 saturated heterocycles. The van der Waals surface area contributed by atoms with E-state index < -0.39 is 25.1 Å². The predicted octanol–water partition coefficient (Wildman–Crippen LogP) is 3.79. The number of amides is 1. The van der Waals surface area contributed by atoms with Crippen LogP contribution in [0.25, 0.3) is 0 Å². The van der Waals surface area contributed by atoms with Crippen LogP contribution < -0.4 is 10.1 Å². The van der Waals surface area contributed by atoms with Gasteiger partial charge in [0.05, 0.1) is 15.6 Å². The molecule has 0 aliphatic heterocycles. The highest BCUT2D eigenvalue weighted by Gasteiger charge is 2.13. The van der Waals surface area contributed by atoms with Crippen LogP contribution in [0.2, 0.25) is 10.0 Å². The van der Waals surface area contributed by atoms with E-state index >= 15 is 0 Å². The molecule has 0 saturated carbocycles. The van der Waals surface area contributed by atoms with Crippen LogP contribution in [0.15, 0.2) is 36.5 Å². The van der Waals surface area contributed by atoms with Gasteiger partial charge in [0.2, 0.25) is 0 Å². The van der Waals surface area contributed by atoms with E-state index in [1.165, 1.54) is 36.5 Å². The molecule has 0 unspecified atom stereocenters. The summed E-state index contributed by atoms with van der Waals surface area (Å²) in [5.74, 6) is -1.51. The fourth-order valence-corrected chi connectivity index (χ4v) is 2.09. The van der Waals surface area contributed by atoms with Crippen molar-refractivity contribution in [3.8, 4) is 5.75 Å². The number of hydrogen-bond acceptors (Lipinski definition) is 5. The molecule has 1 amide bonds. The number of alkyl halides is 2. The minimum atomic E-state index is -2.96. The molecule has 1 N–H and O–H groups in total. The maximum Gasteiger partial charge on any atom is 0.387 e. The number of carbonyl (C=O) groups is 2. The number of anilines is 1. The Balaban J connectivity index is 1.87. The minimum absolute atomic E-state index is 0.0667. The van der Waals surface area contributed by atoms with E-state index in [4.69, 9.17) is 27.9 Å². The van der Waals surface area contributed by atoms with Crippen molar-refractivity contribution < 1.29 is 27.8 Å². The number of esters is 1. The number of pyridine rings is 1. The molecule has 0 aliphatic carbocycles. The number of nitrogens with one attached hydrogen (secondary N) is 1. The summed E-state index contributed by atoms with van der Waals surface area (Å²) in [5, 5.41) is 2.78. The number of ether oxygens (including phenoxy) is 2. The molecule has 0 radical (unpaired) electrons. The number of carbonyl (C=O) groups excluding carboxylic acids is 2. The van der Waals surface area contributed by atoms with Gasteiger partial charge in [-0.1, -0.05) is 23.2 Å². The first-order chi connectivity index (χ1) is 11.8. The van der Waals surface area contributed by atoms with Crippen LogP contribution in [0, 0.1) is 0 Å². The van der Waals surface area contributed by atoms with Gasteiger partial charge in [-0.05, 0) is 30.3 Å². The number of hydrogen-bond donors (Lipinski definition) is 1. The smallest absolute Gasteiger partial charge is 0.387 e. The molecule has 0 atom stereocenters. The average Bonchev–Trinajstić information content (AvgIpc) is 2.55. The monoisotopic (exact) mass is 390 g/mol. The molecular weight excluding hydrogens is 381 g/mol. The van der Waals surface area contributed by atoms with Crippen molar-refractivity contribution >= 4 is 40.9 Å². The number of halogens is 4. The zero-order valence-corrected chi connectivity index (χ0v) is 13.9. The van der Waals surface area contributed by atoms with E-state index in [0.29, 0.717) is 5.02 Å². The van der Waals surface area contributed by atoms with Gasteiger partial charge in [-0.15, -0.1) is 0 Å². The van der Waals surface area contributed by atoms with E-state index in [1.54, 1.807) is 0 Å². The van der Waals surface area contributed by atoms with Gasteiger partial charge in [0.15, 0.2) is 12.4 Å². The maximum atomic E-state index is 12.0. The standard InChI is InChI=1S/C15H10Cl2F2N2O4/c16-9-5-11(17)13(20-6-9)21-12(22)7-24-14(23)8-1-3-10(4-2-8)25-15(18)19/h1-6,15H,7H2,(H,20,21,22). The Kier molecular flexibility index (Phi) is 6.49. The molecule has 1 heterocycles. The fourth-order valence-electron chi connectivity index (χ4n) is 1.66. The van der Waals surface area contributed by atoms with Crippen molar-refractivity contribution in [3.63, 3.8) is 0 Å². The summed E-state index contributed by atoms with van der Waals surface area (Å²) in [6.07, 6.45) is 1.29. The summed E-state index contributed by atoms with van der Waals surface area (Å²) < 4.78 is 33.0. The van der Waals surface area contributed by atoms with Gasteiger partial charge in [-0.25, -0.2) is 9.78 Å². The molecule has 2 aromatic rings. The van der Waals surface area contributed by atoms with E-state index in [9.17, 15) is 18.4 Å². The Bertz CT molecular complexity index is 773. The van der Waals surface area contributed by atoms with Crippen LogP contribution >= 0.6 is 23.2 Å². The molecule has 1 aromatic heterocycles. The summed E-state index contributed by atoms with van der Waals surface area (Å²) in [5.41, 5.74) is 0.0667. The number of aromatic nitrogens is 1. The molecule has 6 nitrogen and oxygen atoms in total. The Morgan fingerprint density at radius 2 is 1.88 bits per heavy atom. The second-order valence-corrected chi connectivity index (χ2v) is 5.35. The van der Waals surface area contributed by atoms with Crippen LogP contribution in [-0.2, 0) is 9.53 Å². The Morgan fingerprint density at radius 3 is 2.48 bits per heavy atom. The average molecular weight is 391 g/mol. The van der Waals surface area contributed by atoms with Crippen molar-refractivity contribution in [2.45, 2.75) is 6.61 Å². The normalized spacial score (nSPS) is 10.4. The lowest BCUT2D eigenvalue weighted by atomic mass is 10.2. The molecule has 25 heavy (non-hydrogen) atoms. The van der Waals surface area contributed by atoms with E-state index in [2.05, 4.69) is 15.0 Å². The molecule has 132 valence electrons. The second-order valence-electron chi connectivity index (χ2n) is 4.51. The third kappa shape index (κ3) is 5.84. The minimum Gasteiger partial charge on any atom is -0.452 e. The van der Waals surface area contributed by atoms with Gasteiger partial charge in [0, 0.05) is 6.20 Å². The van der Waals surface area contributed by atoms with E-state index in [-0.39, 0.29) is 22.2 Å². The van der Waals surface area contributed by atoms with Crippen molar-refractivity contribution in [2.24, 2.45) is 0 Å². The largest absolute Gasteiger partial charge is 0.452 e. The van der Waals surface area contributed by atoms with E-state index in [0.717, 1.165) is 0 Å². The highest BCUT2D eigenvalue weighted by atomic mass is 35.5. The number of rotatable bonds is 6. The lowest BCUT2D eigenvalue weighted by Crippen LogP contribution is -2.21. The summed E-state index contributed by atoms with van der Waals surface area (Å²) in [6.45, 7) is -3.55. The molecule has 0 bridgehead atoms. The molecule has 1 aromatic carbocycles. The van der Waals surface area contributed by atoms with Gasteiger partial charge in [-0.2, -0.15) is 8.78 Å². The zero-order chi connectivity index (χ0) is 18.4. The van der Waals surface area contributed by atoms with Crippen LogP contribution in [0.1, 0.15) is 10.4 Å². The van der Waals surface area contributed by atoms with Crippen molar-refractivity contribution in [3.05, 3.63) is 52.1 Å². The maximum absolute atomic E-state index is 12.0. The van der Waals surface area contributed by atoms with Crippen molar-refractivity contribution in [1.29, 1.82) is 0 Å². The third-order valence-electron chi connectivity index (χ3n) is 2.72. The number of nitrogens with zero attached hydrogens (tertiary/aromatic N) is 1. The molecular formula is C15H10Cl2F2N2O4. The van der Waals surface area contributed by atoms with E-state index in [1.807, 2.05) is 0 Å². The molecule has 0 fully saturated rings. The molecule has 0 spiro atoms. The Morgan fingerprint density at radius 1 is 1.20 bits per heavy atom. The quantitative estimate of drug-likeness (QED) is 0.759. The first kappa shape index (κ1) is 18.9. The van der Waals surface area contributed by atoms with Crippen molar-refractivity contribution in [1.82, 2.24) is 4.98 Å². The lowest BCUT2D eigenvalue weighted by Gasteiger charge is -2.08. The van der Waals surface area contributed by atoms with Crippen LogP contribution in [0.4, 0.5) is 14.6 Å². The summed E-state index contributed by atoms with van der Waals surface area (Å²) in [7, 11) is 0. The Hall–Kier alpha value is -2.45.